The Morgan fingerprint density at radius 2 is 1.90 bits per heavy atom. The van der Waals surface area contributed by atoms with Gasteiger partial charge in [-0.1, -0.05) is 49.6 Å². The first-order valence-corrected chi connectivity index (χ1v) is 7.67. The third-order valence-electron chi connectivity index (χ3n) is 4.15. The van der Waals surface area contributed by atoms with Gasteiger partial charge < -0.3 is 10.6 Å². The maximum atomic E-state index is 12.6. The minimum Gasteiger partial charge on any atom is -0.331 e. The highest BCUT2D eigenvalue weighted by Gasteiger charge is 2.28. The van der Waals surface area contributed by atoms with Gasteiger partial charge in [-0.25, -0.2) is 0 Å². The molecule has 0 aromatic heterocycles. The molecule has 113 valence electrons. The number of hydrogen-bond acceptors (Lipinski definition) is 3. The van der Waals surface area contributed by atoms with Crippen molar-refractivity contribution in [2.45, 2.75) is 50.6 Å². The highest BCUT2D eigenvalue weighted by molar-refractivity contribution is 5.84. The number of amides is 1. The summed E-state index contributed by atoms with van der Waals surface area (Å²) in [6, 6.07) is 9.28. The van der Waals surface area contributed by atoms with Crippen molar-refractivity contribution in [1.82, 2.24) is 4.90 Å². The normalized spacial score (nSPS) is 17.2. The second-order valence-electron chi connectivity index (χ2n) is 5.70. The van der Waals surface area contributed by atoms with Crippen LogP contribution in [0.15, 0.2) is 30.3 Å². The predicted octanol–water partition coefficient (Wildman–Crippen LogP) is 1.83. The molecule has 0 unspecified atom stereocenters. The van der Waals surface area contributed by atoms with E-state index in [2.05, 4.69) is 0 Å². The number of benzene rings is 1. The third-order valence-corrected chi connectivity index (χ3v) is 4.15. The monoisotopic (exact) mass is 287 g/mol. The molecule has 0 bridgehead atoms. The van der Waals surface area contributed by atoms with Crippen molar-refractivity contribution in [3.8, 4) is 0 Å². The fourth-order valence-corrected chi connectivity index (χ4v) is 3.02. The lowest BCUT2D eigenvalue weighted by molar-refractivity contribution is -0.134. The smallest absolute Gasteiger partial charge is 0.240 e. The molecule has 1 atom stereocenters. The molecule has 0 saturated heterocycles. The van der Waals surface area contributed by atoms with Gasteiger partial charge in [-0.3, -0.25) is 9.59 Å². The van der Waals surface area contributed by atoms with Crippen LogP contribution in [0, 0.1) is 0 Å². The standard InChI is InChI=1S/C17H23N2O2/c18-16(13-14-7-3-1-4-8-14)17(21)19(11-12-20)15-9-5-2-6-10-15/h1,3-4,7-8,15-16H,2,5-6,9-11,13,18H2/t16-/m0/s1. The highest BCUT2D eigenvalue weighted by atomic mass is 16.2. The van der Waals surface area contributed by atoms with Crippen LogP contribution in [0.4, 0.5) is 0 Å². The SMILES string of the molecule is N[C@@H](Cc1ccccc1)C(=O)N(C[C]=O)C1CCCCC1. The van der Waals surface area contributed by atoms with Crippen LogP contribution in [0.1, 0.15) is 37.7 Å². The molecule has 0 spiro atoms. The average Bonchev–Trinajstić information content (AvgIpc) is 2.53. The summed E-state index contributed by atoms with van der Waals surface area (Å²) in [7, 11) is 0. The number of hydrogen-bond donors (Lipinski definition) is 1. The van der Waals surface area contributed by atoms with Crippen LogP contribution in [-0.4, -0.2) is 35.7 Å². The Kier molecular flexibility index (Phi) is 5.93. The second kappa shape index (κ2) is 7.93. The third kappa shape index (κ3) is 4.39. The molecule has 2 rings (SSSR count). The Hall–Kier alpha value is -1.68. The van der Waals surface area contributed by atoms with Crippen molar-refractivity contribution in [3.63, 3.8) is 0 Å². The Balaban J connectivity index is 2.01. The maximum absolute atomic E-state index is 12.6. The molecule has 4 nitrogen and oxygen atoms in total. The van der Waals surface area contributed by atoms with Crippen LogP contribution >= 0.6 is 0 Å². The first kappa shape index (κ1) is 15.7. The van der Waals surface area contributed by atoms with Crippen LogP contribution in [0.3, 0.4) is 0 Å². The lowest BCUT2D eigenvalue weighted by Gasteiger charge is -2.34. The van der Waals surface area contributed by atoms with E-state index in [0.717, 1.165) is 31.2 Å². The van der Waals surface area contributed by atoms with E-state index < -0.39 is 6.04 Å². The zero-order valence-electron chi connectivity index (χ0n) is 12.3. The highest BCUT2D eigenvalue weighted by Crippen LogP contribution is 2.23. The van der Waals surface area contributed by atoms with E-state index in [9.17, 15) is 9.59 Å². The summed E-state index contributed by atoms with van der Waals surface area (Å²) in [5.74, 6) is -0.130. The lowest BCUT2D eigenvalue weighted by atomic mass is 9.93. The number of carbonyl (C=O) groups excluding carboxylic acids is 2. The van der Waals surface area contributed by atoms with E-state index in [1.807, 2.05) is 36.6 Å². The van der Waals surface area contributed by atoms with Crippen LogP contribution in [-0.2, 0) is 16.0 Å². The van der Waals surface area contributed by atoms with Crippen molar-refractivity contribution in [1.29, 1.82) is 0 Å². The second-order valence-corrected chi connectivity index (χ2v) is 5.70. The van der Waals surface area contributed by atoms with Gasteiger partial charge in [0, 0.05) is 6.04 Å². The largest absolute Gasteiger partial charge is 0.331 e. The molecule has 1 amide bonds. The van der Waals surface area contributed by atoms with Crippen LogP contribution < -0.4 is 5.73 Å². The first-order chi connectivity index (χ1) is 10.2. The van der Waals surface area contributed by atoms with Gasteiger partial charge in [-0.05, 0) is 24.8 Å². The van der Waals surface area contributed by atoms with E-state index in [-0.39, 0.29) is 18.5 Å². The van der Waals surface area contributed by atoms with E-state index in [4.69, 9.17) is 5.73 Å². The summed E-state index contributed by atoms with van der Waals surface area (Å²) in [6.07, 6.45) is 7.73. The van der Waals surface area contributed by atoms with E-state index in [1.165, 1.54) is 6.42 Å². The molecular weight excluding hydrogens is 264 g/mol. The molecule has 4 heteroatoms. The minimum absolute atomic E-state index is 0.0337. The average molecular weight is 287 g/mol. The Bertz CT molecular complexity index is 455. The summed E-state index contributed by atoms with van der Waals surface area (Å²) in [4.78, 5) is 25.0. The van der Waals surface area contributed by atoms with Gasteiger partial charge in [0.05, 0.1) is 12.6 Å². The summed E-state index contributed by atoms with van der Waals surface area (Å²) in [6.45, 7) is 0.0337. The van der Waals surface area contributed by atoms with Gasteiger partial charge in [0.25, 0.3) is 0 Å². The van der Waals surface area contributed by atoms with E-state index >= 15 is 0 Å². The molecule has 0 heterocycles. The zero-order valence-corrected chi connectivity index (χ0v) is 12.3. The van der Waals surface area contributed by atoms with Gasteiger partial charge in [0.15, 0.2) is 0 Å². The van der Waals surface area contributed by atoms with Crippen LogP contribution in [0.25, 0.3) is 0 Å². The summed E-state index contributed by atoms with van der Waals surface area (Å²) in [5.41, 5.74) is 7.10. The number of nitrogens with zero attached hydrogens (tertiary/aromatic N) is 1. The molecule has 1 aromatic rings. The number of nitrogens with two attached hydrogens (primary N) is 1. The zero-order chi connectivity index (χ0) is 15.1. The molecule has 0 aliphatic heterocycles. The molecular formula is C17H23N2O2. The van der Waals surface area contributed by atoms with Gasteiger partial charge >= 0.3 is 0 Å². The van der Waals surface area contributed by atoms with Gasteiger partial charge in [-0.2, -0.15) is 0 Å². The number of rotatable bonds is 6. The Labute approximate surface area is 126 Å². The lowest BCUT2D eigenvalue weighted by Crippen LogP contribution is -2.50. The molecule has 1 aliphatic carbocycles. The topological polar surface area (TPSA) is 63.4 Å². The van der Waals surface area contributed by atoms with E-state index in [1.54, 1.807) is 4.90 Å². The first-order valence-electron chi connectivity index (χ1n) is 7.67. The van der Waals surface area contributed by atoms with Crippen molar-refractivity contribution in [3.05, 3.63) is 35.9 Å². The Morgan fingerprint density at radius 3 is 2.52 bits per heavy atom. The molecule has 1 radical (unpaired) electrons. The molecule has 1 aromatic carbocycles. The molecule has 1 aliphatic rings. The fourth-order valence-electron chi connectivity index (χ4n) is 3.02. The molecule has 2 N–H and O–H groups in total. The molecule has 21 heavy (non-hydrogen) atoms. The summed E-state index contributed by atoms with van der Waals surface area (Å²) >= 11 is 0. The minimum atomic E-state index is -0.595. The summed E-state index contributed by atoms with van der Waals surface area (Å²) < 4.78 is 0. The van der Waals surface area contributed by atoms with Crippen molar-refractivity contribution < 1.29 is 9.59 Å². The molecule has 1 saturated carbocycles. The fraction of sp³-hybridized carbons (Fsp3) is 0.529. The van der Waals surface area contributed by atoms with Crippen molar-refractivity contribution in [2.24, 2.45) is 5.73 Å². The number of carbonyl (C=O) groups is 1. The van der Waals surface area contributed by atoms with E-state index in [0.29, 0.717) is 6.42 Å². The maximum Gasteiger partial charge on any atom is 0.240 e. The Morgan fingerprint density at radius 1 is 1.24 bits per heavy atom. The van der Waals surface area contributed by atoms with Gasteiger partial charge in [-0.15, -0.1) is 0 Å². The summed E-state index contributed by atoms with van der Waals surface area (Å²) in [5, 5.41) is 0. The van der Waals surface area contributed by atoms with Gasteiger partial charge in [0.2, 0.25) is 12.2 Å². The van der Waals surface area contributed by atoms with Crippen molar-refractivity contribution >= 4 is 12.2 Å². The molecule has 1 fully saturated rings. The van der Waals surface area contributed by atoms with Crippen LogP contribution in [0.5, 0.6) is 0 Å². The van der Waals surface area contributed by atoms with Gasteiger partial charge in [0.1, 0.15) is 0 Å². The van der Waals surface area contributed by atoms with Crippen LogP contribution in [0.2, 0.25) is 0 Å². The van der Waals surface area contributed by atoms with Crippen molar-refractivity contribution in [2.75, 3.05) is 6.54 Å². The predicted molar refractivity (Wildman–Crippen MR) is 82.4 cm³/mol. The quantitative estimate of drug-likeness (QED) is 0.868.